The van der Waals surface area contributed by atoms with Gasteiger partial charge in [0.25, 0.3) is 0 Å². The van der Waals surface area contributed by atoms with Gasteiger partial charge in [-0.25, -0.2) is 0 Å². The van der Waals surface area contributed by atoms with Crippen LogP contribution in [0.3, 0.4) is 0 Å². The molecule has 0 fully saturated rings. The van der Waals surface area contributed by atoms with Crippen LogP contribution < -0.4 is 0 Å². The lowest BCUT2D eigenvalue weighted by atomic mass is 10.0. The van der Waals surface area contributed by atoms with E-state index in [4.69, 9.17) is 0 Å². The number of rotatable bonds is 7. The summed E-state index contributed by atoms with van der Waals surface area (Å²) in [6.45, 7) is 4.61. The maximum Gasteiger partial charge on any atom is 0.00720 e. The largest absolute Gasteiger partial charge is 0.143 e. The summed E-state index contributed by atoms with van der Waals surface area (Å²) in [5.41, 5.74) is 1.40. The fourth-order valence-corrected chi connectivity index (χ4v) is 2.22. The summed E-state index contributed by atoms with van der Waals surface area (Å²) in [5, 5.41) is 0. The minimum absolute atomic E-state index is 0.859. The summed E-state index contributed by atoms with van der Waals surface area (Å²) in [6, 6.07) is 8.43. The van der Waals surface area contributed by atoms with E-state index >= 15 is 0 Å². The molecule has 90 valence electrons. The third-order valence-electron chi connectivity index (χ3n) is 2.97. The molecule has 0 nitrogen and oxygen atoms in total. The van der Waals surface area contributed by atoms with Crippen molar-refractivity contribution in [1.29, 1.82) is 0 Å². The van der Waals surface area contributed by atoms with E-state index in [-0.39, 0.29) is 0 Å². The highest BCUT2D eigenvalue weighted by molar-refractivity contribution is 7.80. The molecule has 1 rings (SSSR count). The molecule has 0 saturated heterocycles. The van der Waals surface area contributed by atoms with E-state index in [1.807, 2.05) is 0 Å². The maximum absolute atomic E-state index is 4.47. The third kappa shape index (κ3) is 5.60. The highest BCUT2D eigenvalue weighted by Crippen LogP contribution is 2.17. The van der Waals surface area contributed by atoms with Gasteiger partial charge in [0.05, 0.1) is 0 Å². The molecule has 0 aliphatic heterocycles. The monoisotopic (exact) mass is 236 g/mol. The quantitative estimate of drug-likeness (QED) is 0.493. The molecule has 1 aromatic carbocycles. The van der Waals surface area contributed by atoms with Crippen LogP contribution in [-0.2, 0) is 6.42 Å². The fraction of sp³-hybridized carbons (Fsp3) is 0.600. The molecule has 0 unspecified atom stereocenters. The molecule has 0 heterocycles. The van der Waals surface area contributed by atoms with Gasteiger partial charge in [-0.3, -0.25) is 0 Å². The lowest BCUT2D eigenvalue weighted by Crippen LogP contribution is -1.90. The predicted octanol–water partition coefficient (Wildman–Crippen LogP) is 5.12. The molecule has 0 aromatic heterocycles. The second-order valence-electron chi connectivity index (χ2n) is 4.98. The zero-order valence-electron chi connectivity index (χ0n) is 10.6. The Bertz CT molecular complexity index is 291. The smallest absolute Gasteiger partial charge is 0.00720 e. The molecule has 0 saturated carbocycles. The van der Waals surface area contributed by atoms with E-state index in [2.05, 4.69) is 50.7 Å². The number of benzene rings is 1. The second kappa shape index (κ2) is 7.78. The van der Waals surface area contributed by atoms with Gasteiger partial charge in [-0.2, -0.15) is 0 Å². The molecule has 0 bridgehead atoms. The second-order valence-corrected chi connectivity index (χ2v) is 5.46. The topological polar surface area (TPSA) is 0 Å². The van der Waals surface area contributed by atoms with Crippen LogP contribution in [0.15, 0.2) is 29.2 Å². The van der Waals surface area contributed by atoms with Crippen molar-refractivity contribution < 1.29 is 0 Å². The van der Waals surface area contributed by atoms with Crippen molar-refractivity contribution in [2.75, 3.05) is 0 Å². The van der Waals surface area contributed by atoms with Gasteiger partial charge in [0, 0.05) is 4.90 Å². The molecule has 1 aromatic rings. The number of aryl methyl sites for hydroxylation is 1. The van der Waals surface area contributed by atoms with Gasteiger partial charge in [-0.05, 0) is 30.4 Å². The van der Waals surface area contributed by atoms with Crippen LogP contribution in [0, 0.1) is 5.92 Å². The van der Waals surface area contributed by atoms with E-state index in [1.54, 1.807) is 0 Å². The molecule has 0 radical (unpaired) electrons. The summed E-state index contributed by atoms with van der Waals surface area (Å²) in [7, 11) is 0. The van der Waals surface area contributed by atoms with Gasteiger partial charge in [0.2, 0.25) is 0 Å². The number of unbranched alkanes of at least 4 members (excludes halogenated alkanes) is 3. The average Bonchev–Trinajstić information content (AvgIpc) is 2.25. The molecule has 0 N–H and O–H groups in total. The lowest BCUT2D eigenvalue weighted by Gasteiger charge is -2.06. The van der Waals surface area contributed by atoms with Gasteiger partial charge < -0.3 is 0 Å². The van der Waals surface area contributed by atoms with E-state index in [0.717, 1.165) is 10.8 Å². The first-order valence-electron chi connectivity index (χ1n) is 6.47. The summed E-state index contributed by atoms with van der Waals surface area (Å²) in [4.78, 5) is 1.14. The van der Waals surface area contributed by atoms with Crippen molar-refractivity contribution in [3.8, 4) is 0 Å². The summed E-state index contributed by atoms with van der Waals surface area (Å²) >= 11 is 4.47. The molecule has 0 aliphatic rings. The van der Waals surface area contributed by atoms with E-state index in [1.165, 1.54) is 44.1 Å². The van der Waals surface area contributed by atoms with Gasteiger partial charge in [0.1, 0.15) is 0 Å². The number of hydrogen-bond acceptors (Lipinski definition) is 1. The Hall–Kier alpha value is -0.430. The minimum Gasteiger partial charge on any atom is -0.143 e. The fourth-order valence-electron chi connectivity index (χ4n) is 1.94. The minimum atomic E-state index is 0.859. The van der Waals surface area contributed by atoms with E-state index in [9.17, 15) is 0 Å². The molecule has 16 heavy (non-hydrogen) atoms. The zero-order chi connectivity index (χ0) is 11.8. The molecule has 1 heteroatoms. The Morgan fingerprint density at radius 2 is 1.69 bits per heavy atom. The lowest BCUT2D eigenvalue weighted by molar-refractivity contribution is 0.519. The van der Waals surface area contributed by atoms with Crippen LogP contribution in [0.4, 0.5) is 0 Å². The highest BCUT2D eigenvalue weighted by Gasteiger charge is 1.98. The summed E-state index contributed by atoms with van der Waals surface area (Å²) in [6.07, 6.45) is 7.99. The van der Waals surface area contributed by atoms with Crippen LogP contribution in [0.5, 0.6) is 0 Å². The van der Waals surface area contributed by atoms with Gasteiger partial charge in [-0.15, -0.1) is 12.6 Å². The van der Waals surface area contributed by atoms with Gasteiger partial charge in [0.15, 0.2) is 0 Å². The molecule has 0 atom stereocenters. The Morgan fingerprint density at radius 3 is 2.38 bits per heavy atom. The van der Waals surface area contributed by atoms with Gasteiger partial charge >= 0.3 is 0 Å². The van der Waals surface area contributed by atoms with Crippen LogP contribution in [0.2, 0.25) is 0 Å². The Morgan fingerprint density at radius 1 is 1.00 bits per heavy atom. The van der Waals surface area contributed by atoms with Crippen LogP contribution in [0.25, 0.3) is 0 Å². The zero-order valence-corrected chi connectivity index (χ0v) is 11.5. The SMILES string of the molecule is CC(C)CCCCCCc1ccccc1S. The van der Waals surface area contributed by atoms with E-state index in [0.29, 0.717) is 0 Å². The molecular weight excluding hydrogens is 212 g/mol. The van der Waals surface area contributed by atoms with Crippen molar-refractivity contribution in [2.24, 2.45) is 5.92 Å². The van der Waals surface area contributed by atoms with Crippen LogP contribution in [0.1, 0.15) is 51.5 Å². The average molecular weight is 236 g/mol. The van der Waals surface area contributed by atoms with Crippen molar-refractivity contribution >= 4 is 12.6 Å². The number of hydrogen-bond donors (Lipinski definition) is 1. The van der Waals surface area contributed by atoms with E-state index < -0.39 is 0 Å². The van der Waals surface area contributed by atoms with Crippen molar-refractivity contribution in [3.05, 3.63) is 29.8 Å². The Labute approximate surface area is 106 Å². The normalized spacial score (nSPS) is 11.0. The van der Waals surface area contributed by atoms with Crippen molar-refractivity contribution in [2.45, 2.75) is 57.3 Å². The van der Waals surface area contributed by atoms with Crippen LogP contribution in [-0.4, -0.2) is 0 Å². The first kappa shape index (κ1) is 13.6. The molecular formula is C15H24S. The summed E-state index contributed by atoms with van der Waals surface area (Å²) in [5.74, 6) is 0.859. The first-order valence-corrected chi connectivity index (χ1v) is 6.91. The van der Waals surface area contributed by atoms with Crippen molar-refractivity contribution in [3.63, 3.8) is 0 Å². The maximum atomic E-state index is 4.47. The van der Waals surface area contributed by atoms with Crippen LogP contribution >= 0.6 is 12.6 Å². The van der Waals surface area contributed by atoms with Crippen molar-refractivity contribution in [1.82, 2.24) is 0 Å². The Kier molecular flexibility index (Phi) is 6.63. The number of thiol groups is 1. The molecule has 0 amide bonds. The highest BCUT2D eigenvalue weighted by atomic mass is 32.1. The predicted molar refractivity (Wildman–Crippen MR) is 75.3 cm³/mol. The van der Waals surface area contributed by atoms with Gasteiger partial charge in [-0.1, -0.05) is 57.7 Å². The summed E-state index contributed by atoms with van der Waals surface area (Å²) < 4.78 is 0. The third-order valence-corrected chi connectivity index (χ3v) is 3.41. The molecule has 0 spiro atoms. The Balaban J connectivity index is 2.10. The standard InChI is InChI=1S/C15H24S/c1-13(2)9-5-3-4-6-10-14-11-7-8-12-15(14)16/h7-8,11-13,16H,3-6,9-10H2,1-2H3. The first-order chi connectivity index (χ1) is 7.70. The molecule has 0 aliphatic carbocycles.